The van der Waals surface area contributed by atoms with Crippen LogP contribution in [0.3, 0.4) is 0 Å². The van der Waals surface area contributed by atoms with Crippen molar-refractivity contribution < 1.29 is 0 Å². The minimum atomic E-state index is 1.26. The van der Waals surface area contributed by atoms with Crippen LogP contribution in [-0.4, -0.2) is 0 Å². The quantitative estimate of drug-likeness (QED) is 0.676. The Morgan fingerprint density at radius 1 is 1.06 bits per heavy atom. The average molecular weight is 208 g/mol. The highest BCUT2D eigenvalue weighted by molar-refractivity contribution is 5.87. The first kappa shape index (κ1) is 10.7. The molecule has 0 aliphatic rings. The van der Waals surface area contributed by atoms with E-state index in [0.29, 0.717) is 0 Å². The van der Waals surface area contributed by atoms with Gasteiger partial charge in [-0.1, -0.05) is 55.1 Å². The van der Waals surface area contributed by atoms with Crippen LogP contribution in [0.2, 0.25) is 0 Å². The zero-order valence-corrected chi connectivity index (χ0v) is 9.83. The number of aryl methyl sites for hydroxylation is 1. The predicted molar refractivity (Wildman–Crippen MR) is 72.7 cm³/mol. The first-order valence-corrected chi connectivity index (χ1v) is 5.55. The molecule has 0 nitrogen and oxygen atoms in total. The van der Waals surface area contributed by atoms with Gasteiger partial charge in [-0.3, -0.25) is 0 Å². The fourth-order valence-electron chi connectivity index (χ4n) is 2.11. The van der Waals surface area contributed by atoms with Crippen LogP contribution in [0.1, 0.15) is 12.5 Å². The Hall–Kier alpha value is -1.82. The Bertz CT molecular complexity index is 646. The second-order valence-electron chi connectivity index (χ2n) is 3.93. The molecule has 0 aliphatic heterocycles. The van der Waals surface area contributed by atoms with Crippen molar-refractivity contribution in [2.45, 2.75) is 13.8 Å². The zero-order valence-electron chi connectivity index (χ0n) is 9.83. The number of fused-ring (bicyclic) bond motifs is 1. The van der Waals surface area contributed by atoms with E-state index in [1.165, 1.54) is 26.8 Å². The summed E-state index contributed by atoms with van der Waals surface area (Å²) in [6, 6.07) is 10.8. The molecule has 0 saturated carbocycles. The third kappa shape index (κ3) is 1.67. The van der Waals surface area contributed by atoms with Gasteiger partial charge in [-0.05, 0) is 40.6 Å². The van der Waals surface area contributed by atoms with Crippen molar-refractivity contribution >= 4 is 22.9 Å². The summed E-state index contributed by atoms with van der Waals surface area (Å²) in [4.78, 5) is 0. The molecule has 2 aromatic carbocycles. The number of hydrogen-bond donors (Lipinski definition) is 0. The lowest BCUT2D eigenvalue weighted by molar-refractivity contribution is 1.49. The van der Waals surface area contributed by atoms with Gasteiger partial charge in [-0.15, -0.1) is 0 Å². The summed E-state index contributed by atoms with van der Waals surface area (Å²) in [7, 11) is 0. The molecule has 0 heterocycles. The standard InChI is InChI=1S/C16H16/c1-4-7-15-13(5-2)10-11-14-12(3)8-6-9-16(14)15/h4-11H,1H2,2-3H3/b13-5-,15-7+. The van der Waals surface area contributed by atoms with Crippen molar-refractivity contribution in [1.29, 1.82) is 0 Å². The second-order valence-corrected chi connectivity index (χ2v) is 3.93. The maximum absolute atomic E-state index is 3.79. The highest BCUT2D eigenvalue weighted by Crippen LogP contribution is 2.12. The van der Waals surface area contributed by atoms with Crippen molar-refractivity contribution in [3.05, 3.63) is 59.0 Å². The third-order valence-corrected chi connectivity index (χ3v) is 2.95. The van der Waals surface area contributed by atoms with Gasteiger partial charge in [0.1, 0.15) is 0 Å². The maximum atomic E-state index is 3.79. The molecule has 0 saturated heterocycles. The minimum absolute atomic E-state index is 1.26. The van der Waals surface area contributed by atoms with Crippen LogP contribution in [-0.2, 0) is 0 Å². The largest absolute Gasteiger partial charge is 0.0990 e. The molecule has 0 fully saturated rings. The van der Waals surface area contributed by atoms with E-state index in [9.17, 15) is 0 Å². The average Bonchev–Trinajstić information content (AvgIpc) is 2.30. The van der Waals surface area contributed by atoms with Gasteiger partial charge < -0.3 is 0 Å². The van der Waals surface area contributed by atoms with E-state index in [2.05, 4.69) is 62.9 Å². The molecular weight excluding hydrogens is 192 g/mol. The molecule has 0 radical (unpaired) electrons. The van der Waals surface area contributed by atoms with Crippen LogP contribution in [0, 0.1) is 6.92 Å². The second kappa shape index (κ2) is 4.36. The summed E-state index contributed by atoms with van der Waals surface area (Å²) in [5.41, 5.74) is 1.32. The molecule has 0 unspecified atom stereocenters. The van der Waals surface area contributed by atoms with Crippen LogP contribution in [0.5, 0.6) is 0 Å². The van der Waals surface area contributed by atoms with E-state index >= 15 is 0 Å². The molecule has 0 atom stereocenters. The summed E-state index contributed by atoms with van der Waals surface area (Å²) in [5, 5.41) is 5.15. The van der Waals surface area contributed by atoms with Crippen LogP contribution in [0.4, 0.5) is 0 Å². The van der Waals surface area contributed by atoms with E-state index in [1.54, 1.807) is 0 Å². The van der Waals surface area contributed by atoms with Crippen molar-refractivity contribution in [2.24, 2.45) is 0 Å². The SMILES string of the molecule is C=C/C=c1\c(=C/C)ccc2c(C)cccc12. The molecule has 0 amide bonds. The summed E-state index contributed by atoms with van der Waals surface area (Å²) < 4.78 is 0. The zero-order chi connectivity index (χ0) is 11.5. The van der Waals surface area contributed by atoms with E-state index < -0.39 is 0 Å². The monoisotopic (exact) mass is 208 g/mol. The number of rotatable bonds is 1. The topological polar surface area (TPSA) is 0 Å². The van der Waals surface area contributed by atoms with Gasteiger partial charge in [0.25, 0.3) is 0 Å². The van der Waals surface area contributed by atoms with E-state index in [-0.39, 0.29) is 0 Å². The van der Waals surface area contributed by atoms with E-state index in [0.717, 1.165) is 0 Å². The molecule has 0 heteroatoms. The van der Waals surface area contributed by atoms with Crippen molar-refractivity contribution in [3.8, 4) is 0 Å². The van der Waals surface area contributed by atoms with Gasteiger partial charge in [0.15, 0.2) is 0 Å². The van der Waals surface area contributed by atoms with E-state index in [4.69, 9.17) is 0 Å². The number of allylic oxidation sites excluding steroid dienone is 1. The molecule has 80 valence electrons. The number of hydrogen-bond acceptors (Lipinski definition) is 0. The van der Waals surface area contributed by atoms with Crippen molar-refractivity contribution in [1.82, 2.24) is 0 Å². The Morgan fingerprint density at radius 2 is 1.88 bits per heavy atom. The van der Waals surface area contributed by atoms with Gasteiger partial charge in [0, 0.05) is 0 Å². The molecule has 0 spiro atoms. The van der Waals surface area contributed by atoms with Crippen LogP contribution in [0.25, 0.3) is 22.9 Å². The Morgan fingerprint density at radius 3 is 2.56 bits per heavy atom. The minimum Gasteiger partial charge on any atom is -0.0990 e. The Balaban J connectivity index is 3.09. The highest BCUT2D eigenvalue weighted by atomic mass is 14.0. The van der Waals surface area contributed by atoms with Gasteiger partial charge in [0.2, 0.25) is 0 Å². The van der Waals surface area contributed by atoms with Gasteiger partial charge in [-0.2, -0.15) is 0 Å². The first-order valence-electron chi connectivity index (χ1n) is 5.55. The predicted octanol–water partition coefficient (Wildman–Crippen LogP) is 2.92. The van der Waals surface area contributed by atoms with Gasteiger partial charge in [-0.25, -0.2) is 0 Å². The summed E-state index contributed by atoms with van der Waals surface area (Å²) in [5.74, 6) is 0. The van der Waals surface area contributed by atoms with Crippen LogP contribution in [0.15, 0.2) is 43.0 Å². The third-order valence-electron chi connectivity index (χ3n) is 2.95. The van der Waals surface area contributed by atoms with Gasteiger partial charge >= 0.3 is 0 Å². The Labute approximate surface area is 96.2 Å². The fraction of sp³-hybridized carbons (Fsp3) is 0.125. The molecule has 16 heavy (non-hydrogen) atoms. The van der Waals surface area contributed by atoms with Crippen molar-refractivity contribution in [3.63, 3.8) is 0 Å². The summed E-state index contributed by atoms with van der Waals surface area (Å²) in [6.07, 6.45) is 6.07. The summed E-state index contributed by atoms with van der Waals surface area (Å²) >= 11 is 0. The highest BCUT2D eigenvalue weighted by Gasteiger charge is 1.97. The smallest absolute Gasteiger partial charge is 0.0103 e. The lowest BCUT2D eigenvalue weighted by Gasteiger charge is -2.03. The molecule has 0 bridgehead atoms. The first-order chi connectivity index (χ1) is 7.77. The maximum Gasteiger partial charge on any atom is -0.0103 e. The molecule has 0 aromatic heterocycles. The van der Waals surface area contributed by atoms with Crippen LogP contribution >= 0.6 is 0 Å². The molecular formula is C16H16. The Kier molecular flexibility index (Phi) is 2.91. The molecule has 0 N–H and O–H groups in total. The van der Waals surface area contributed by atoms with Crippen LogP contribution < -0.4 is 10.4 Å². The van der Waals surface area contributed by atoms with E-state index in [1.807, 2.05) is 6.08 Å². The molecule has 2 rings (SSSR count). The lowest BCUT2D eigenvalue weighted by Crippen LogP contribution is -2.24. The molecule has 2 aromatic rings. The summed E-state index contributed by atoms with van der Waals surface area (Å²) in [6.45, 7) is 8.01. The van der Waals surface area contributed by atoms with Gasteiger partial charge in [0.05, 0.1) is 0 Å². The fourth-order valence-corrected chi connectivity index (χ4v) is 2.11. The normalized spacial score (nSPS) is 13.4. The number of benzene rings is 2. The lowest BCUT2D eigenvalue weighted by atomic mass is 10.0. The van der Waals surface area contributed by atoms with Crippen molar-refractivity contribution in [2.75, 3.05) is 0 Å². The molecule has 0 aliphatic carbocycles.